The number of aromatic nitrogens is 2. The van der Waals surface area contributed by atoms with E-state index in [4.69, 9.17) is 4.74 Å². The smallest absolute Gasteiger partial charge is 0.219 e. The van der Waals surface area contributed by atoms with Crippen LogP contribution in [-0.4, -0.2) is 29.0 Å². The second-order valence-corrected chi connectivity index (χ2v) is 7.62. The number of thiazole rings is 1. The van der Waals surface area contributed by atoms with Crippen molar-refractivity contribution in [2.75, 3.05) is 13.1 Å². The highest BCUT2D eigenvalue weighted by atomic mass is 32.1. The first-order valence-corrected chi connectivity index (χ1v) is 10.3. The van der Waals surface area contributed by atoms with Gasteiger partial charge in [-0.1, -0.05) is 6.07 Å². The van der Waals surface area contributed by atoms with E-state index in [1.54, 1.807) is 35.7 Å². The van der Waals surface area contributed by atoms with Gasteiger partial charge >= 0.3 is 0 Å². The Morgan fingerprint density at radius 1 is 1.10 bits per heavy atom. The average molecular weight is 414 g/mol. The fourth-order valence-corrected chi connectivity index (χ4v) is 3.29. The Kier molecular flexibility index (Phi) is 7.52. The van der Waals surface area contributed by atoms with Gasteiger partial charge in [0.25, 0.3) is 0 Å². The number of nitrogens with one attached hydrogen (secondary N) is 2. The summed E-state index contributed by atoms with van der Waals surface area (Å²) in [5, 5.41) is 7.68. The summed E-state index contributed by atoms with van der Waals surface area (Å²) in [6.07, 6.45) is 4.49. The van der Waals surface area contributed by atoms with Crippen LogP contribution in [-0.2, 0) is 13.0 Å². The van der Waals surface area contributed by atoms with Crippen LogP contribution in [0.3, 0.4) is 0 Å². The first kappa shape index (κ1) is 20.7. The number of guanidine groups is 1. The van der Waals surface area contributed by atoms with Crippen LogP contribution in [0.5, 0.6) is 11.6 Å². The Morgan fingerprint density at radius 2 is 1.93 bits per heavy atom. The minimum Gasteiger partial charge on any atom is -0.439 e. The summed E-state index contributed by atoms with van der Waals surface area (Å²) in [6.45, 7) is 6.14. The van der Waals surface area contributed by atoms with Gasteiger partial charge in [-0.05, 0) is 43.7 Å². The molecule has 2 aromatic heterocycles. The van der Waals surface area contributed by atoms with Gasteiger partial charge in [0, 0.05) is 42.8 Å². The summed E-state index contributed by atoms with van der Waals surface area (Å²) in [6, 6.07) is 9.52. The zero-order chi connectivity index (χ0) is 20.5. The van der Waals surface area contributed by atoms with Crippen LogP contribution in [0.15, 0.2) is 53.8 Å². The van der Waals surface area contributed by atoms with Gasteiger partial charge in [0.1, 0.15) is 11.6 Å². The summed E-state index contributed by atoms with van der Waals surface area (Å²) in [5.41, 5.74) is 0.962. The van der Waals surface area contributed by atoms with E-state index < -0.39 is 0 Å². The molecule has 1 aromatic carbocycles. The van der Waals surface area contributed by atoms with Gasteiger partial charge in [-0.15, -0.1) is 11.3 Å². The minimum absolute atomic E-state index is 0.301. The predicted octanol–water partition coefficient (Wildman–Crippen LogP) is 4.08. The molecule has 0 spiro atoms. The lowest BCUT2D eigenvalue weighted by Crippen LogP contribution is -2.38. The standard InChI is InChI=1S/C21H24FN5OS/c1-3-23-21(24-11-10-20-26-12-15(2)29-20)27-14-16-4-9-19(25-13-16)28-18-7-5-17(22)6-8-18/h4-9,12-13H,3,10-11,14H2,1-2H3,(H2,23,24,27). The summed E-state index contributed by atoms with van der Waals surface area (Å²) in [7, 11) is 0. The van der Waals surface area contributed by atoms with Crippen molar-refractivity contribution in [1.82, 2.24) is 20.6 Å². The molecule has 3 aromatic rings. The number of nitrogens with zero attached hydrogens (tertiary/aromatic N) is 3. The van der Waals surface area contributed by atoms with Crippen LogP contribution in [0.4, 0.5) is 4.39 Å². The van der Waals surface area contributed by atoms with Gasteiger partial charge in [0.15, 0.2) is 5.96 Å². The molecule has 0 atom stereocenters. The van der Waals surface area contributed by atoms with E-state index in [2.05, 4.69) is 32.5 Å². The third kappa shape index (κ3) is 6.83. The number of halogens is 1. The van der Waals surface area contributed by atoms with Crippen LogP contribution in [0.25, 0.3) is 0 Å². The number of hydrogen-bond donors (Lipinski definition) is 2. The molecule has 6 nitrogen and oxygen atoms in total. The Labute approximate surface area is 173 Å². The Balaban J connectivity index is 1.52. The number of aliphatic imine (C=N–C) groups is 1. The van der Waals surface area contributed by atoms with E-state index in [1.165, 1.54) is 17.0 Å². The van der Waals surface area contributed by atoms with Crippen molar-refractivity contribution < 1.29 is 9.13 Å². The molecule has 152 valence electrons. The molecule has 0 radical (unpaired) electrons. The molecule has 3 rings (SSSR count). The molecule has 0 saturated heterocycles. The topological polar surface area (TPSA) is 71.4 Å². The summed E-state index contributed by atoms with van der Waals surface area (Å²) in [5.74, 6) is 1.45. The largest absolute Gasteiger partial charge is 0.439 e. The molecule has 2 heterocycles. The third-order valence-electron chi connectivity index (χ3n) is 3.90. The van der Waals surface area contributed by atoms with E-state index >= 15 is 0 Å². The van der Waals surface area contributed by atoms with Crippen LogP contribution < -0.4 is 15.4 Å². The summed E-state index contributed by atoms with van der Waals surface area (Å²) >= 11 is 1.72. The molecular formula is C21H24FN5OS. The zero-order valence-electron chi connectivity index (χ0n) is 16.5. The van der Waals surface area contributed by atoms with E-state index in [1.807, 2.05) is 19.2 Å². The molecule has 0 unspecified atom stereocenters. The van der Waals surface area contributed by atoms with Crippen molar-refractivity contribution in [2.45, 2.75) is 26.8 Å². The zero-order valence-corrected chi connectivity index (χ0v) is 17.3. The van der Waals surface area contributed by atoms with Crippen molar-refractivity contribution in [3.05, 3.63) is 70.1 Å². The molecule has 0 aliphatic rings. The second-order valence-electron chi connectivity index (χ2n) is 6.30. The van der Waals surface area contributed by atoms with Gasteiger partial charge in [-0.25, -0.2) is 19.4 Å². The van der Waals surface area contributed by atoms with Crippen LogP contribution in [0, 0.1) is 12.7 Å². The Bertz CT molecular complexity index is 925. The van der Waals surface area contributed by atoms with E-state index in [0.717, 1.165) is 36.0 Å². The fourth-order valence-electron chi connectivity index (χ4n) is 2.51. The van der Waals surface area contributed by atoms with Gasteiger partial charge in [-0.3, -0.25) is 0 Å². The van der Waals surface area contributed by atoms with Crippen LogP contribution >= 0.6 is 11.3 Å². The maximum absolute atomic E-state index is 13.0. The molecule has 0 aliphatic heterocycles. The number of ether oxygens (including phenoxy) is 1. The van der Waals surface area contributed by atoms with Crippen molar-refractivity contribution in [3.63, 3.8) is 0 Å². The quantitative estimate of drug-likeness (QED) is 0.430. The highest BCUT2D eigenvalue weighted by Gasteiger charge is 2.03. The summed E-state index contributed by atoms with van der Waals surface area (Å²) < 4.78 is 18.6. The molecule has 8 heteroatoms. The Morgan fingerprint density at radius 3 is 2.59 bits per heavy atom. The van der Waals surface area contributed by atoms with Gasteiger partial charge in [0.05, 0.1) is 11.6 Å². The van der Waals surface area contributed by atoms with Gasteiger partial charge < -0.3 is 15.4 Å². The average Bonchev–Trinajstić information content (AvgIpc) is 3.14. The highest BCUT2D eigenvalue weighted by Crippen LogP contribution is 2.19. The minimum atomic E-state index is -0.301. The van der Waals surface area contributed by atoms with E-state index in [0.29, 0.717) is 18.2 Å². The predicted molar refractivity (Wildman–Crippen MR) is 114 cm³/mol. The summed E-state index contributed by atoms with van der Waals surface area (Å²) in [4.78, 5) is 14.5. The van der Waals surface area contributed by atoms with Crippen molar-refractivity contribution >= 4 is 17.3 Å². The lowest BCUT2D eigenvalue weighted by Gasteiger charge is -2.10. The molecular weight excluding hydrogens is 389 g/mol. The molecule has 0 fully saturated rings. The normalized spacial score (nSPS) is 11.3. The molecule has 0 amide bonds. The third-order valence-corrected chi connectivity index (χ3v) is 4.87. The van der Waals surface area contributed by atoms with E-state index in [-0.39, 0.29) is 5.82 Å². The lowest BCUT2D eigenvalue weighted by atomic mass is 10.3. The number of rotatable bonds is 8. The second kappa shape index (κ2) is 10.5. The number of pyridine rings is 1. The molecule has 0 bridgehead atoms. The van der Waals surface area contributed by atoms with Crippen molar-refractivity contribution in [2.24, 2.45) is 4.99 Å². The van der Waals surface area contributed by atoms with Crippen molar-refractivity contribution in [3.8, 4) is 11.6 Å². The number of benzene rings is 1. The van der Waals surface area contributed by atoms with Crippen molar-refractivity contribution in [1.29, 1.82) is 0 Å². The van der Waals surface area contributed by atoms with Crippen LogP contribution in [0.1, 0.15) is 22.4 Å². The highest BCUT2D eigenvalue weighted by molar-refractivity contribution is 7.11. The van der Waals surface area contributed by atoms with Crippen LogP contribution in [0.2, 0.25) is 0 Å². The van der Waals surface area contributed by atoms with E-state index in [9.17, 15) is 4.39 Å². The fraction of sp³-hybridized carbons (Fsp3) is 0.286. The lowest BCUT2D eigenvalue weighted by molar-refractivity contribution is 0.461. The number of hydrogen-bond acceptors (Lipinski definition) is 5. The maximum Gasteiger partial charge on any atom is 0.219 e. The van der Waals surface area contributed by atoms with Gasteiger partial charge in [-0.2, -0.15) is 0 Å². The monoisotopic (exact) mass is 413 g/mol. The first-order valence-electron chi connectivity index (χ1n) is 9.44. The first-order chi connectivity index (χ1) is 14.1. The maximum atomic E-state index is 13.0. The SMILES string of the molecule is CCNC(=NCc1ccc(Oc2ccc(F)cc2)nc1)NCCc1ncc(C)s1. The molecule has 29 heavy (non-hydrogen) atoms. The molecule has 0 aliphatic carbocycles. The Hall–Kier alpha value is -3.00. The van der Waals surface area contributed by atoms with Gasteiger partial charge in [0.2, 0.25) is 5.88 Å². The number of aryl methyl sites for hydroxylation is 1. The molecule has 2 N–H and O–H groups in total. The molecule has 0 saturated carbocycles.